The number of nitrogens with one attached hydrogen (secondary N) is 1. The van der Waals surface area contributed by atoms with Crippen LogP contribution in [0.4, 0.5) is 5.69 Å². The van der Waals surface area contributed by atoms with Gasteiger partial charge >= 0.3 is 0 Å². The summed E-state index contributed by atoms with van der Waals surface area (Å²) in [5, 5.41) is 2.93. The van der Waals surface area contributed by atoms with Crippen molar-refractivity contribution in [2.75, 3.05) is 18.6 Å². The summed E-state index contributed by atoms with van der Waals surface area (Å²) < 4.78 is 0. The molecule has 1 unspecified atom stereocenters. The van der Waals surface area contributed by atoms with Crippen molar-refractivity contribution in [3.8, 4) is 0 Å². The van der Waals surface area contributed by atoms with Crippen LogP contribution in [0.25, 0.3) is 0 Å². The fraction of sp³-hybridized carbons (Fsp3) is 0.200. The van der Waals surface area contributed by atoms with E-state index in [0.29, 0.717) is 16.8 Å². The van der Waals surface area contributed by atoms with Crippen molar-refractivity contribution in [2.45, 2.75) is 18.7 Å². The van der Waals surface area contributed by atoms with Gasteiger partial charge in [-0.15, -0.1) is 0 Å². The first-order chi connectivity index (χ1) is 14.5. The molecule has 0 spiro atoms. The van der Waals surface area contributed by atoms with Gasteiger partial charge < -0.3 is 10.2 Å². The zero-order chi connectivity index (χ0) is 21.5. The van der Waals surface area contributed by atoms with Gasteiger partial charge in [-0.2, -0.15) is 11.8 Å². The van der Waals surface area contributed by atoms with Gasteiger partial charge in [0, 0.05) is 29.6 Å². The minimum atomic E-state index is -0.157. The summed E-state index contributed by atoms with van der Waals surface area (Å²) in [6, 6.07) is 24.3. The van der Waals surface area contributed by atoms with Crippen molar-refractivity contribution in [3.63, 3.8) is 0 Å². The van der Waals surface area contributed by atoms with Crippen LogP contribution in [-0.4, -0.2) is 30.0 Å². The van der Waals surface area contributed by atoms with Crippen LogP contribution in [0.2, 0.25) is 0 Å². The van der Waals surface area contributed by atoms with Crippen LogP contribution in [0.1, 0.15) is 44.8 Å². The van der Waals surface area contributed by atoms with Gasteiger partial charge in [0.1, 0.15) is 0 Å². The van der Waals surface area contributed by atoms with E-state index in [2.05, 4.69) is 11.6 Å². The van der Waals surface area contributed by atoms with Gasteiger partial charge in [-0.25, -0.2) is 0 Å². The van der Waals surface area contributed by atoms with E-state index in [9.17, 15) is 9.59 Å². The molecule has 2 amide bonds. The van der Waals surface area contributed by atoms with Crippen molar-refractivity contribution in [1.82, 2.24) is 4.90 Å². The Hall–Kier alpha value is -3.05. The first kappa shape index (κ1) is 21.7. The molecule has 3 aromatic carbocycles. The molecule has 30 heavy (non-hydrogen) atoms. The summed E-state index contributed by atoms with van der Waals surface area (Å²) in [6.45, 7) is 1.98. The van der Waals surface area contributed by atoms with E-state index >= 15 is 0 Å². The zero-order valence-corrected chi connectivity index (χ0v) is 18.3. The molecule has 3 rings (SSSR count). The summed E-state index contributed by atoms with van der Waals surface area (Å²) in [5.74, 6) is 0.745. The normalized spacial score (nSPS) is 11.6. The SMILES string of the molecule is CSCc1ccc(C(=O)N(C)C(C)c2cccc(NC(=O)c3ccccc3)c2)cc1. The predicted octanol–water partition coefficient (Wildman–Crippen LogP) is 5.64. The van der Waals surface area contributed by atoms with E-state index in [-0.39, 0.29) is 17.9 Å². The van der Waals surface area contributed by atoms with Crippen LogP contribution in [-0.2, 0) is 5.75 Å². The first-order valence-corrected chi connectivity index (χ1v) is 11.2. The Kier molecular flexibility index (Phi) is 7.31. The molecule has 0 saturated carbocycles. The lowest BCUT2D eigenvalue weighted by molar-refractivity contribution is 0.0742. The average molecular weight is 419 g/mol. The molecule has 0 saturated heterocycles. The highest BCUT2D eigenvalue weighted by Crippen LogP contribution is 2.24. The summed E-state index contributed by atoms with van der Waals surface area (Å²) in [7, 11) is 1.80. The Labute approximate surface area is 182 Å². The third-order valence-corrected chi connectivity index (χ3v) is 5.70. The lowest BCUT2D eigenvalue weighted by atomic mass is 10.0. The summed E-state index contributed by atoms with van der Waals surface area (Å²) in [6.07, 6.45) is 2.06. The predicted molar refractivity (Wildman–Crippen MR) is 125 cm³/mol. The molecule has 0 aliphatic carbocycles. The smallest absolute Gasteiger partial charge is 0.255 e. The van der Waals surface area contributed by atoms with Crippen LogP contribution >= 0.6 is 11.8 Å². The van der Waals surface area contributed by atoms with E-state index in [4.69, 9.17) is 0 Å². The van der Waals surface area contributed by atoms with E-state index in [1.54, 1.807) is 35.8 Å². The van der Waals surface area contributed by atoms with Crippen LogP contribution in [0, 0.1) is 0 Å². The van der Waals surface area contributed by atoms with Gasteiger partial charge in [-0.05, 0) is 60.7 Å². The maximum Gasteiger partial charge on any atom is 0.255 e. The Morgan fingerprint density at radius 1 is 0.933 bits per heavy atom. The summed E-state index contributed by atoms with van der Waals surface area (Å²) in [5.41, 5.74) is 4.14. The van der Waals surface area contributed by atoms with Gasteiger partial charge in [0.05, 0.1) is 6.04 Å². The maximum absolute atomic E-state index is 12.9. The molecular weight excluding hydrogens is 392 g/mol. The highest BCUT2D eigenvalue weighted by molar-refractivity contribution is 7.97. The van der Waals surface area contributed by atoms with E-state index in [1.807, 2.05) is 73.7 Å². The Balaban J connectivity index is 1.71. The lowest BCUT2D eigenvalue weighted by Crippen LogP contribution is -2.29. The second kappa shape index (κ2) is 10.1. The molecule has 0 aliphatic heterocycles. The molecule has 3 aromatic rings. The molecule has 154 valence electrons. The van der Waals surface area contributed by atoms with E-state index in [1.165, 1.54) is 5.56 Å². The molecule has 4 nitrogen and oxygen atoms in total. The number of hydrogen-bond acceptors (Lipinski definition) is 3. The molecular formula is C25H26N2O2S. The molecule has 0 aliphatic rings. The number of amides is 2. The molecule has 1 N–H and O–H groups in total. The third-order valence-electron chi connectivity index (χ3n) is 5.08. The number of benzene rings is 3. The van der Waals surface area contributed by atoms with Crippen molar-refractivity contribution < 1.29 is 9.59 Å². The topological polar surface area (TPSA) is 49.4 Å². The number of nitrogens with zero attached hydrogens (tertiary/aromatic N) is 1. The average Bonchev–Trinajstić information content (AvgIpc) is 2.79. The Morgan fingerprint density at radius 2 is 1.63 bits per heavy atom. The largest absolute Gasteiger partial charge is 0.335 e. The van der Waals surface area contributed by atoms with Gasteiger partial charge in [-0.3, -0.25) is 9.59 Å². The van der Waals surface area contributed by atoms with Crippen molar-refractivity contribution in [2.24, 2.45) is 0 Å². The molecule has 0 radical (unpaired) electrons. The number of hydrogen-bond donors (Lipinski definition) is 1. The van der Waals surface area contributed by atoms with Crippen LogP contribution in [0.15, 0.2) is 78.9 Å². The molecule has 5 heteroatoms. The minimum absolute atomic E-state index is 0.0306. The summed E-state index contributed by atoms with van der Waals surface area (Å²) >= 11 is 1.76. The van der Waals surface area contributed by atoms with Crippen molar-refractivity contribution >= 4 is 29.3 Å². The van der Waals surface area contributed by atoms with Gasteiger partial charge in [0.2, 0.25) is 0 Å². The van der Waals surface area contributed by atoms with Crippen molar-refractivity contribution in [3.05, 3.63) is 101 Å². The lowest BCUT2D eigenvalue weighted by Gasteiger charge is -2.26. The van der Waals surface area contributed by atoms with Gasteiger partial charge in [0.25, 0.3) is 11.8 Å². The van der Waals surface area contributed by atoms with Crippen LogP contribution < -0.4 is 5.32 Å². The number of thioether (sulfide) groups is 1. The fourth-order valence-corrected chi connectivity index (χ4v) is 3.71. The quantitative estimate of drug-likeness (QED) is 0.540. The monoisotopic (exact) mass is 418 g/mol. The van der Waals surface area contributed by atoms with Gasteiger partial charge in [0.15, 0.2) is 0 Å². The standard InChI is InChI=1S/C25H26N2O2S/c1-18(27(2)25(29)21-14-12-19(13-15-21)17-30-3)22-10-7-11-23(16-22)26-24(28)20-8-5-4-6-9-20/h4-16,18H,17H2,1-3H3,(H,26,28). The molecule has 0 bridgehead atoms. The molecule has 0 aromatic heterocycles. The minimum Gasteiger partial charge on any atom is -0.335 e. The van der Waals surface area contributed by atoms with Crippen LogP contribution in [0.3, 0.4) is 0 Å². The second-order valence-corrected chi connectivity index (χ2v) is 8.03. The maximum atomic E-state index is 12.9. The molecule has 1 atom stereocenters. The number of rotatable bonds is 7. The highest BCUT2D eigenvalue weighted by Gasteiger charge is 2.19. The molecule has 0 fully saturated rings. The number of anilines is 1. The Bertz CT molecular complexity index is 1000. The van der Waals surface area contributed by atoms with E-state index in [0.717, 1.165) is 11.3 Å². The number of carbonyl (C=O) groups is 2. The zero-order valence-electron chi connectivity index (χ0n) is 17.5. The Morgan fingerprint density at radius 3 is 2.30 bits per heavy atom. The third kappa shape index (κ3) is 5.30. The second-order valence-electron chi connectivity index (χ2n) is 7.17. The van der Waals surface area contributed by atoms with E-state index < -0.39 is 0 Å². The highest BCUT2D eigenvalue weighted by atomic mass is 32.2. The van der Waals surface area contributed by atoms with Crippen LogP contribution in [0.5, 0.6) is 0 Å². The first-order valence-electron chi connectivity index (χ1n) is 9.81. The molecule has 0 heterocycles. The fourth-order valence-electron chi connectivity index (χ4n) is 3.18. The van der Waals surface area contributed by atoms with Crippen molar-refractivity contribution in [1.29, 1.82) is 0 Å². The van der Waals surface area contributed by atoms with Gasteiger partial charge in [-0.1, -0.05) is 42.5 Å². The summed E-state index contributed by atoms with van der Waals surface area (Å²) in [4.78, 5) is 27.1. The number of carbonyl (C=O) groups excluding carboxylic acids is 2.